The van der Waals surface area contributed by atoms with Gasteiger partial charge in [-0.2, -0.15) is 0 Å². The summed E-state index contributed by atoms with van der Waals surface area (Å²) in [4.78, 5) is 18.1. The molecule has 0 saturated heterocycles. The van der Waals surface area contributed by atoms with Crippen molar-refractivity contribution in [1.82, 2.24) is 9.88 Å². The number of aryl methyl sites for hydroxylation is 1. The summed E-state index contributed by atoms with van der Waals surface area (Å²) in [5, 5.41) is 1.46. The molecule has 0 aliphatic heterocycles. The maximum absolute atomic E-state index is 12.5. The quantitative estimate of drug-likeness (QED) is 0.679. The molecule has 0 amide bonds. The van der Waals surface area contributed by atoms with Crippen LogP contribution in [0, 0.1) is 6.92 Å². The van der Waals surface area contributed by atoms with Crippen molar-refractivity contribution < 1.29 is 4.74 Å². The predicted molar refractivity (Wildman–Crippen MR) is 107 cm³/mol. The largest absolute Gasteiger partial charge is 0.383 e. The van der Waals surface area contributed by atoms with Crippen molar-refractivity contribution in [2.45, 2.75) is 20.0 Å². The third-order valence-electron chi connectivity index (χ3n) is 4.37. The van der Waals surface area contributed by atoms with Crippen molar-refractivity contribution >= 4 is 22.5 Å². The third kappa shape index (κ3) is 4.73. The summed E-state index contributed by atoms with van der Waals surface area (Å²) in [5.74, 6) is 0. The van der Waals surface area contributed by atoms with Crippen LogP contribution in [-0.4, -0.2) is 30.1 Å². The van der Waals surface area contributed by atoms with Crippen LogP contribution in [0.4, 0.5) is 0 Å². The van der Waals surface area contributed by atoms with E-state index in [0.717, 1.165) is 40.3 Å². The van der Waals surface area contributed by atoms with Gasteiger partial charge in [0.2, 0.25) is 0 Å². The molecular formula is C21H23ClN2O2. The van der Waals surface area contributed by atoms with Gasteiger partial charge in [0.1, 0.15) is 0 Å². The maximum atomic E-state index is 12.5. The zero-order valence-electron chi connectivity index (χ0n) is 15.1. The minimum Gasteiger partial charge on any atom is -0.383 e. The molecule has 0 unspecified atom stereocenters. The molecule has 0 aliphatic rings. The van der Waals surface area contributed by atoms with E-state index >= 15 is 0 Å². The summed E-state index contributed by atoms with van der Waals surface area (Å²) in [5.41, 5.74) is 4.08. The van der Waals surface area contributed by atoms with E-state index in [1.807, 2.05) is 49.4 Å². The minimum absolute atomic E-state index is 0.0515. The van der Waals surface area contributed by atoms with Crippen LogP contribution in [0.25, 0.3) is 10.9 Å². The Morgan fingerprint density at radius 3 is 2.58 bits per heavy atom. The molecule has 0 bridgehead atoms. The van der Waals surface area contributed by atoms with Gasteiger partial charge in [-0.25, -0.2) is 0 Å². The van der Waals surface area contributed by atoms with E-state index in [1.165, 1.54) is 5.56 Å². The lowest BCUT2D eigenvalue weighted by Gasteiger charge is -2.22. The first kappa shape index (κ1) is 18.6. The van der Waals surface area contributed by atoms with Gasteiger partial charge in [0.05, 0.1) is 6.61 Å². The number of nitrogens with one attached hydrogen (secondary N) is 1. The fourth-order valence-electron chi connectivity index (χ4n) is 3.02. The number of ether oxygens (including phenoxy) is 1. The van der Waals surface area contributed by atoms with Crippen LogP contribution in [0.5, 0.6) is 0 Å². The number of nitrogens with zero attached hydrogens (tertiary/aromatic N) is 1. The van der Waals surface area contributed by atoms with Gasteiger partial charge in [-0.3, -0.25) is 9.69 Å². The molecule has 1 heterocycles. The van der Waals surface area contributed by atoms with E-state index in [1.54, 1.807) is 13.2 Å². The SMILES string of the molecule is COCCN(Cc1ccc(Cl)cc1)Cc1cc(=O)c2cc(C)ccc2[nH]1. The average molecular weight is 371 g/mol. The highest BCUT2D eigenvalue weighted by Gasteiger charge is 2.10. The maximum Gasteiger partial charge on any atom is 0.189 e. The lowest BCUT2D eigenvalue weighted by atomic mass is 10.1. The number of methoxy groups -OCH3 is 1. The Balaban J connectivity index is 1.83. The van der Waals surface area contributed by atoms with Gasteiger partial charge in [0.15, 0.2) is 5.43 Å². The highest BCUT2D eigenvalue weighted by molar-refractivity contribution is 6.30. The number of aromatic amines is 1. The summed E-state index contributed by atoms with van der Waals surface area (Å²) in [6.07, 6.45) is 0. The Bertz CT molecular complexity index is 935. The number of halogens is 1. The molecule has 26 heavy (non-hydrogen) atoms. The summed E-state index contributed by atoms with van der Waals surface area (Å²) in [6, 6.07) is 15.4. The Labute approximate surface area is 158 Å². The Hall–Kier alpha value is -2.14. The van der Waals surface area contributed by atoms with Gasteiger partial charge in [0.25, 0.3) is 0 Å². The first-order valence-corrected chi connectivity index (χ1v) is 9.01. The van der Waals surface area contributed by atoms with Crippen molar-refractivity contribution in [3.05, 3.63) is 80.6 Å². The second kappa shape index (κ2) is 8.49. The monoisotopic (exact) mass is 370 g/mol. The summed E-state index contributed by atoms with van der Waals surface area (Å²) < 4.78 is 5.24. The number of benzene rings is 2. The summed E-state index contributed by atoms with van der Waals surface area (Å²) >= 11 is 5.97. The molecule has 3 rings (SSSR count). The van der Waals surface area contributed by atoms with E-state index in [4.69, 9.17) is 16.3 Å². The number of pyridine rings is 1. The molecule has 1 aromatic heterocycles. The molecule has 0 aliphatic carbocycles. The number of fused-ring (bicyclic) bond motifs is 1. The first-order valence-electron chi connectivity index (χ1n) is 8.63. The molecule has 4 nitrogen and oxygen atoms in total. The van der Waals surface area contributed by atoms with Crippen molar-refractivity contribution in [3.8, 4) is 0 Å². The van der Waals surface area contributed by atoms with Crippen molar-refractivity contribution in [2.24, 2.45) is 0 Å². The van der Waals surface area contributed by atoms with Gasteiger partial charge in [-0.05, 0) is 36.8 Å². The van der Waals surface area contributed by atoms with E-state index < -0.39 is 0 Å². The third-order valence-corrected chi connectivity index (χ3v) is 4.62. The lowest BCUT2D eigenvalue weighted by Crippen LogP contribution is -2.27. The van der Waals surface area contributed by atoms with Crippen molar-refractivity contribution in [3.63, 3.8) is 0 Å². The smallest absolute Gasteiger partial charge is 0.189 e. The van der Waals surface area contributed by atoms with Gasteiger partial charge < -0.3 is 9.72 Å². The Morgan fingerprint density at radius 1 is 1.08 bits per heavy atom. The lowest BCUT2D eigenvalue weighted by molar-refractivity contribution is 0.139. The molecule has 2 aromatic carbocycles. The van der Waals surface area contributed by atoms with Crippen LogP contribution in [0.2, 0.25) is 5.02 Å². The van der Waals surface area contributed by atoms with Gasteiger partial charge in [0, 0.05) is 54.4 Å². The molecule has 0 fully saturated rings. The Kier molecular flexibility index (Phi) is 6.09. The molecule has 5 heteroatoms. The number of aromatic nitrogens is 1. The highest BCUT2D eigenvalue weighted by atomic mass is 35.5. The fourth-order valence-corrected chi connectivity index (χ4v) is 3.15. The molecule has 0 atom stereocenters. The Morgan fingerprint density at radius 2 is 1.85 bits per heavy atom. The van der Waals surface area contributed by atoms with Gasteiger partial charge in [-0.1, -0.05) is 35.4 Å². The second-order valence-electron chi connectivity index (χ2n) is 6.54. The molecular weight excluding hydrogens is 348 g/mol. The predicted octanol–water partition coefficient (Wildman–Crippen LogP) is 4.14. The molecule has 1 N–H and O–H groups in total. The van der Waals surface area contributed by atoms with Gasteiger partial charge in [-0.15, -0.1) is 0 Å². The van der Waals surface area contributed by atoms with E-state index in [9.17, 15) is 4.79 Å². The van der Waals surface area contributed by atoms with Crippen LogP contribution in [0.15, 0.2) is 53.3 Å². The fraction of sp³-hybridized carbons (Fsp3) is 0.286. The molecule has 0 saturated carbocycles. The second-order valence-corrected chi connectivity index (χ2v) is 6.97. The van der Waals surface area contributed by atoms with E-state index in [-0.39, 0.29) is 5.43 Å². The average Bonchev–Trinajstić information content (AvgIpc) is 2.62. The van der Waals surface area contributed by atoms with Crippen LogP contribution >= 0.6 is 11.6 Å². The summed E-state index contributed by atoms with van der Waals surface area (Å²) in [7, 11) is 1.70. The molecule has 0 radical (unpaired) electrons. The number of H-pyrrole nitrogens is 1. The number of rotatable bonds is 7. The van der Waals surface area contributed by atoms with E-state index in [0.29, 0.717) is 13.2 Å². The van der Waals surface area contributed by atoms with Crippen LogP contribution in [0.3, 0.4) is 0 Å². The van der Waals surface area contributed by atoms with Crippen LogP contribution in [0.1, 0.15) is 16.8 Å². The summed E-state index contributed by atoms with van der Waals surface area (Å²) in [6.45, 7) is 4.79. The standard InChI is InChI=1S/C21H23ClN2O2/c1-15-3-8-20-19(11-15)21(25)12-18(23-20)14-24(9-10-26-2)13-16-4-6-17(22)7-5-16/h3-8,11-12H,9-10,13-14H2,1-2H3,(H,23,25). The highest BCUT2D eigenvalue weighted by Crippen LogP contribution is 2.15. The number of hydrogen-bond donors (Lipinski definition) is 1. The normalized spacial score (nSPS) is 11.4. The van der Waals surface area contributed by atoms with E-state index in [2.05, 4.69) is 9.88 Å². The minimum atomic E-state index is 0.0515. The molecule has 0 spiro atoms. The zero-order chi connectivity index (χ0) is 18.5. The van der Waals surface area contributed by atoms with Crippen LogP contribution in [-0.2, 0) is 17.8 Å². The topological polar surface area (TPSA) is 45.3 Å². The van der Waals surface area contributed by atoms with Crippen molar-refractivity contribution in [1.29, 1.82) is 0 Å². The first-order chi connectivity index (χ1) is 12.5. The van der Waals surface area contributed by atoms with Crippen molar-refractivity contribution in [2.75, 3.05) is 20.3 Å². The van der Waals surface area contributed by atoms with Gasteiger partial charge >= 0.3 is 0 Å². The molecule has 136 valence electrons. The van der Waals surface area contributed by atoms with Crippen LogP contribution < -0.4 is 5.43 Å². The molecule has 3 aromatic rings. The zero-order valence-corrected chi connectivity index (χ0v) is 15.8. The number of hydrogen-bond acceptors (Lipinski definition) is 3.